The predicted octanol–water partition coefficient (Wildman–Crippen LogP) is 2.47. The molecule has 0 radical (unpaired) electrons. The normalized spacial score (nSPS) is 19.5. The Balaban J connectivity index is 0.00000180. The minimum atomic E-state index is 0. The molecule has 1 aromatic carbocycles. The van der Waals surface area contributed by atoms with Crippen LogP contribution in [0.1, 0.15) is 12.5 Å². The maximum absolute atomic E-state index is 5.56. The second-order valence-electron chi connectivity index (χ2n) is 4.84. The SMILES string of the molecule is C=CCOc1cccc(CN2CCN[C@H](C)C2)c1.Cl. The molecule has 1 aromatic rings. The van der Waals surface area contributed by atoms with Crippen LogP contribution in [0, 0.1) is 0 Å². The molecular formula is C15H23ClN2O. The number of benzene rings is 1. The van der Waals surface area contributed by atoms with Crippen LogP contribution in [0.25, 0.3) is 0 Å². The lowest BCUT2D eigenvalue weighted by Gasteiger charge is -2.31. The van der Waals surface area contributed by atoms with Crippen molar-refractivity contribution < 1.29 is 4.74 Å². The Labute approximate surface area is 122 Å². The van der Waals surface area contributed by atoms with Gasteiger partial charge in [-0.05, 0) is 24.6 Å². The molecule has 2 rings (SSSR count). The lowest BCUT2D eigenvalue weighted by atomic mass is 10.1. The summed E-state index contributed by atoms with van der Waals surface area (Å²) < 4.78 is 5.56. The second-order valence-corrected chi connectivity index (χ2v) is 4.84. The van der Waals surface area contributed by atoms with Gasteiger partial charge in [-0.1, -0.05) is 24.8 Å². The van der Waals surface area contributed by atoms with Crippen molar-refractivity contribution in [3.63, 3.8) is 0 Å². The Hall–Kier alpha value is -1.03. The van der Waals surface area contributed by atoms with E-state index in [0.717, 1.165) is 31.9 Å². The van der Waals surface area contributed by atoms with Crippen molar-refractivity contribution >= 4 is 12.4 Å². The van der Waals surface area contributed by atoms with Crippen molar-refractivity contribution in [2.75, 3.05) is 26.2 Å². The molecule has 0 amide bonds. The van der Waals surface area contributed by atoms with E-state index in [1.54, 1.807) is 6.08 Å². The summed E-state index contributed by atoms with van der Waals surface area (Å²) in [6, 6.07) is 8.91. The van der Waals surface area contributed by atoms with E-state index in [4.69, 9.17) is 4.74 Å². The molecule has 0 aliphatic carbocycles. The van der Waals surface area contributed by atoms with Gasteiger partial charge in [-0.15, -0.1) is 12.4 Å². The van der Waals surface area contributed by atoms with Gasteiger partial charge in [0.15, 0.2) is 0 Å². The number of rotatable bonds is 5. The molecule has 3 nitrogen and oxygen atoms in total. The monoisotopic (exact) mass is 282 g/mol. The summed E-state index contributed by atoms with van der Waals surface area (Å²) in [5.74, 6) is 0.926. The third-order valence-electron chi connectivity index (χ3n) is 3.13. The van der Waals surface area contributed by atoms with Crippen LogP contribution >= 0.6 is 12.4 Å². The van der Waals surface area contributed by atoms with Crippen molar-refractivity contribution in [3.05, 3.63) is 42.5 Å². The number of ether oxygens (including phenoxy) is 1. The highest BCUT2D eigenvalue weighted by Crippen LogP contribution is 2.15. The maximum atomic E-state index is 5.56. The topological polar surface area (TPSA) is 24.5 Å². The fourth-order valence-corrected chi connectivity index (χ4v) is 2.30. The molecule has 1 aliphatic heterocycles. The van der Waals surface area contributed by atoms with Crippen LogP contribution in [0.4, 0.5) is 0 Å². The Morgan fingerprint density at radius 2 is 2.37 bits per heavy atom. The highest BCUT2D eigenvalue weighted by molar-refractivity contribution is 5.85. The molecule has 19 heavy (non-hydrogen) atoms. The highest BCUT2D eigenvalue weighted by atomic mass is 35.5. The van der Waals surface area contributed by atoms with E-state index in [0.29, 0.717) is 12.6 Å². The van der Waals surface area contributed by atoms with Crippen LogP contribution in [-0.4, -0.2) is 37.2 Å². The Morgan fingerprint density at radius 1 is 1.53 bits per heavy atom. The Morgan fingerprint density at radius 3 is 3.11 bits per heavy atom. The van der Waals surface area contributed by atoms with Crippen LogP contribution in [-0.2, 0) is 6.54 Å². The van der Waals surface area contributed by atoms with Gasteiger partial charge >= 0.3 is 0 Å². The number of piperazine rings is 1. The van der Waals surface area contributed by atoms with Gasteiger partial charge in [0.05, 0.1) is 0 Å². The van der Waals surface area contributed by atoms with E-state index in [1.807, 2.05) is 6.07 Å². The first-order chi connectivity index (χ1) is 8.78. The number of hydrogen-bond acceptors (Lipinski definition) is 3. The van der Waals surface area contributed by atoms with Gasteiger partial charge in [0.2, 0.25) is 0 Å². The molecule has 0 bridgehead atoms. The van der Waals surface area contributed by atoms with Gasteiger partial charge in [-0.3, -0.25) is 4.90 Å². The largest absolute Gasteiger partial charge is 0.490 e. The molecule has 0 spiro atoms. The minimum Gasteiger partial charge on any atom is -0.490 e. The van der Waals surface area contributed by atoms with E-state index in [9.17, 15) is 0 Å². The van der Waals surface area contributed by atoms with Crippen molar-refractivity contribution in [2.24, 2.45) is 0 Å². The summed E-state index contributed by atoms with van der Waals surface area (Å²) >= 11 is 0. The van der Waals surface area contributed by atoms with Gasteiger partial charge < -0.3 is 10.1 Å². The highest BCUT2D eigenvalue weighted by Gasteiger charge is 2.15. The zero-order valence-corrected chi connectivity index (χ0v) is 12.3. The smallest absolute Gasteiger partial charge is 0.120 e. The number of hydrogen-bond donors (Lipinski definition) is 1. The molecule has 1 N–H and O–H groups in total. The van der Waals surface area contributed by atoms with E-state index in [1.165, 1.54) is 5.56 Å². The maximum Gasteiger partial charge on any atom is 0.120 e. The van der Waals surface area contributed by atoms with E-state index < -0.39 is 0 Å². The summed E-state index contributed by atoms with van der Waals surface area (Å²) in [6.07, 6.45) is 1.77. The van der Waals surface area contributed by atoms with Gasteiger partial charge in [0.1, 0.15) is 12.4 Å². The first-order valence-electron chi connectivity index (χ1n) is 6.56. The fourth-order valence-electron chi connectivity index (χ4n) is 2.30. The Kier molecular flexibility index (Phi) is 6.92. The van der Waals surface area contributed by atoms with Crippen LogP contribution in [0.5, 0.6) is 5.75 Å². The van der Waals surface area contributed by atoms with Crippen LogP contribution in [0.3, 0.4) is 0 Å². The van der Waals surface area contributed by atoms with E-state index >= 15 is 0 Å². The fraction of sp³-hybridized carbons (Fsp3) is 0.467. The summed E-state index contributed by atoms with van der Waals surface area (Å²) in [4.78, 5) is 2.48. The average Bonchev–Trinajstić information content (AvgIpc) is 2.37. The number of nitrogens with zero attached hydrogens (tertiary/aromatic N) is 1. The third kappa shape index (κ3) is 5.23. The molecule has 1 saturated heterocycles. The van der Waals surface area contributed by atoms with Gasteiger partial charge in [0.25, 0.3) is 0 Å². The van der Waals surface area contributed by atoms with Crippen molar-refractivity contribution in [1.82, 2.24) is 10.2 Å². The summed E-state index contributed by atoms with van der Waals surface area (Å²) in [7, 11) is 0. The lowest BCUT2D eigenvalue weighted by Crippen LogP contribution is -2.48. The average molecular weight is 283 g/mol. The molecule has 0 saturated carbocycles. The molecule has 4 heteroatoms. The van der Waals surface area contributed by atoms with Crippen LogP contribution in [0.15, 0.2) is 36.9 Å². The van der Waals surface area contributed by atoms with Crippen molar-refractivity contribution in [3.8, 4) is 5.75 Å². The first-order valence-corrected chi connectivity index (χ1v) is 6.56. The molecule has 1 fully saturated rings. The zero-order chi connectivity index (χ0) is 12.8. The quantitative estimate of drug-likeness (QED) is 0.840. The summed E-state index contributed by atoms with van der Waals surface area (Å²) in [6.45, 7) is 10.8. The third-order valence-corrected chi connectivity index (χ3v) is 3.13. The van der Waals surface area contributed by atoms with Gasteiger partial charge in [-0.2, -0.15) is 0 Å². The summed E-state index contributed by atoms with van der Waals surface area (Å²) in [5, 5.41) is 3.46. The van der Waals surface area contributed by atoms with E-state index in [2.05, 4.69) is 41.9 Å². The van der Waals surface area contributed by atoms with Gasteiger partial charge in [-0.25, -0.2) is 0 Å². The standard InChI is InChI=1S/C15H22N2O.ClH/c1-3-9-18-15-6-4-5-14(10-15)12-17-8-7-16-13(2)11-17;/h3-6,10,13,16H,1,7-9,11-12H2,2H3;1H/t13-;/m1./s1. The predicted molar refractivity (Wildman–Crippen MR) is 82.1 cm³/mol. The molecule has 1 atom stereocenters. The minimum absolute atomic E-state index is 0. The zero-order valence-electron chi connectivity index (χ0n) is 11.5. The molecular weight excluding hydrogens is 260 g/mol. The van der Waals surface area contributed by atoms with Crippen molar-refractivity contribution in [1.29, 1.82) is 0 Å². The van der Waals surface area contributed by atoms with Crippen LogP contribution in [0.2, 0.25) is 0 Å². The van der Waals surface area contributed by atoms with Crippen LogP contribution < -0.4 is 10.1 Å². The molecule has 1 aliphatic rings. The second kappa shape index (κ2) is 8.20. The Bertz CT molecular complexity index is 397. The number of halogens is 1. The lowest BCUT2D eigenvalue weighted by molar-refractivity contribution is 0.199. The van der Waals surface area contributed by atoms with Gasteiger partial charge in [0, 0.05) is 32.2 Å². The molecule has 1 heterocycles. The first kappa shape index (κ1) is 16.0. The molecule has 106 valence electrons. The van der Waals surface area contributed by atoms with E-state index in [-0.39, 0.29) is 12.4 Å². The van der Waals surface area contributed by atoms with Crippen molar-refractivity contribution in [2.45, 2.75) is 19.5 Å². The summed E-state index contributed by atoms with van der Waals surface area (Å²) in [5.41, 5.74) is 1.31. The molecule has 0 unspecified atom stereocenters. The molecule has 0 aromatic heterocycles. The number of nitrogens with one attached hydrogen (secondary N) is 1.